The molecular weight excluding hydrogens is 293 g/mol. The molecule has 0 saturated carbocycles. The zero-order valence-corrected chi connectivity index (χ0v) is 9.97. The van der Waals surface area contributed by atoms with Crippen LogP contribution in [-0.4, -0.2) is 22.9 Å². The lowest BCUT2D eigenvalue weighted by Gasteiger charge is -2.24. The summed E-state index contributed by atoms with van der Waals surface area (Å²) in [5, 5.41) is 0. The molecule has 13 heavy (non-hydrogen) atoms. The Morgan fingerprint density at radius 1 is 1.62 bits per heavy atom. The highest BCUT2D eigenvalue weighted by Gasteiger charge is 2.48. The summed E-state index contributed by atoms with van der Waals surface area (Å²) >= 11 is 1.92. The SMILES string of the molecule is CCC(I)C(C)C(F)(F)C(=O)OC. The number of hydrogen-bond acceptors (Lipinski definition) is 2. The van der Waals surface area contributed by atoms with Crippen molar-refractivity contribution in [2.75, 3.05) is 7.11 Å². The van der Waals surface area contributed by atoms with Crippen molar-refractivity contribution in [2.24, 2.45) is 5.92 Å². The van der Waals surface area contributed by atoms with Crippen molar-refractivity contribution < 1.29 is 18.3 Å². The summed E-state index contributed by atoms with van der Waals surface area (Å²) < 4.78 is 30.1. The van der Waals surface area contributed by atoms with Crippen LogP contribution in [-0.2, 0) is 9.53 Å². The molecule has 78 valence electrons. The molecule has 0 radical (unpaired) electrons. The number of esters is 1. The summed E-state index contributed by atoms with van der Waals surface area (Å²) in [5.41, 5.74) is 0. The molecule has 0 rings (SSSR count). The van der Waals surface area contributed by atoms with Gasteiger partial charge in [-0.25, -0.2) is 4.79 Å². The van der Waals surface area contributed by atoms with Crippen LogP contribution < -0.4 is 0 Å². The predicted octanol–water partition coefficient (Wildman–Crippen LogP) is 2.64. The van der Waals surface area contributed by atoms with Crippen molar-refractivity contribution in [2.45, 2.75) is 30.1 Å². The molecule has 0 N–H and O–H groups in total. The Morgan fingerprint density at radius 3 is 2.38 bits per heavy atom. The van der Waals surface area contributed by atoms with Crippen LogP contribution in [0, 0.1) is 5.92 Å². The van der Waals surface area contributed by atoms with E-state index in [2.05, 4.69) is 4.74 Å². The van der Waals surface area contributed by atoms with Gasteiger partial charge in [0.15, 0.2) is 0 Å². The molecule has 0 heterocycles. The van der Waals surface area contributed by atoms with Gasteiger partial charge >= 0.3 is 11.9 Å². The molecule has 0 aliphatic carbocycles. The van der Waals surface area contributed by atoms with Crippen LogP contribution in [0.25, 0.3) is 0 Å². The van der Waals surface area contributed by atoms with Gasteiger partial charge in [-0.15, -0.1) is 0 Å². The highest BCUT2D eigenvalue weighted by atomic mass is 127. The lowest BCUT2D eigenvalue weighted by molar-refractivity contribution is -0.176. The van der Waals surface area contributed by atoms with Gasteiger partial charge < -0.3 is 4.74 Å². The van der Waals surface area contributed by atoms with Gasteiger partial charge in [0.05, 0.1) is 7.11 Å². The zero-order valence-electron chi connectivity index (χ0n) is 7.81. The van der Waals surface area contributed by atoms with Crippen LogP contribution in [0.2, 0.25) is 0 Å². The van der Waals surface area contributed by atoms with Crippen molar-refractivity contribution in [1.29, 1.82) is 0 Å². The minimum Gasteiger partial charge on any atom is -0.465 e. The van der Waals surface area contributed by atoms with Crippen molar-refractivity contribution in [1.82, 2.24) is 0 Å². The van der Waals surface area contributed by atoms with Gasteiger partial charge in [0.25, 0.3) is 0 Å². The summed E-state index contributed by atoms with van der Waals surface area (Å²) in [6.45, 7) is 3.17. The number of rotatable bonds is 4. The maximum absolute atomic E-state index is 13.2. The van der Waals surface area contributed by atoms with Crippen molar-refractivity contribution in [3.05, 3.63) is 0 Å². The Balaban J connectivity index is 4.52. The van der Waals surface area contributed by atoms with Crippen LogP contribution in [0.3, 0.4) is 0 Å². The Bertz CT molecular complexity index is 185. The fourth-order valence-electron chi connectivity index (χ4n) is 0.903. The standard InChI is InChI=1S/C8H13F2IO2/c1-4-6(11)5(2)8(9,10)7(12)13-3/h5-6H,4H2,1-3H3. The first kappa shape index (κ1) is 13.1. The fourth-order valence-corrected chi connectivity index (χ4v) is 1.35. The predicted molar refractivity (Wildman–Crippen MR) is 54.2 cm³/mol. The molecule has 0 aliphatic rings. The van der Waals surface area contributed by atoms with E-state index in [0.717, 1.165) is 7.11 Å². The van der Waals surface area contributed by atoms with E-state index in [1.165, 1.54) is 6.92 Å². The first-order valence-electron chi connectivity index (χ1n) is 3.98. The van der Waals surface area contributed by atoms with Gasteiger partial charge in [0, 0.05) is 9.84 Å². The second-order valence-corrected chi connectivity index (χ2v) is 4.43. The van der Waals surface area contributed by atoms with Crippen LogP contribution in [0.4, 0.5) is 8.78 Å². The van der Waals surface area contributed by atoms with E-state index in [-0.39, 0.29) is 3.92 Å². The first-order chi connectivity index (χ1) is 5.87. The zero-order chi connectivity index (χ0) is 10.6. The minimum atomic E-state index is -3.38. The van der Waals surface area contributed by atoms with Crippen molar-refractivity contribution in [3.8, 4) is 0 Å². The molecule has 0 amide bonds. The number of ether oxygens (including phenoxy) is 1. The van der Waals surface area contributed by atoms with Gasteiger partial charge in [0.2, 0.25) is 0 Å². The second-order valence-electron chi connectivity index (χ2n) is 2.83. The summed E-state index contributed by atoms with van der Waals surface area (Å²) in [6, 6.07) is 0. The van der Waals surface area contributed by atoms with Gasteiger partial charge in [0.1, 0.15) is 0 Å². The molecule has 0 fully saturated rings. The Hall–Kier alpha value is 0.0600. The maximum atomic E-state index is 13.2. The van der Waals surface area contributed by atoms with Crippen LogP contribution >= 0.6 is 22.6 Å². The smallest absolute Gasteiger partial charge is 0.377 e. The third-order valence-electron chi connectivity index (χ3n) is 1.96. The van der Waals surface area contributed by atoms with E-state index in [0.29, 0.717) is 6.42 Å². The molecule has 0 aromatic heterocycles. The number of methoxy groups -OCH3 is 1. The lowest BCUT2D eigenvalue weighted by Crippen LogP contribution is -2.40. The van der Waals surface area contributed by atoms with E-state index in [1.54, 1.807) is 6.92 Å². The quantitative estimate of drug-likeness (QED) is 0.453. The van der Waals surface area contributed by atoms with Gasteiger partial charge in [-0.2, -0.15) is 8.78 Å². The largest absolute Gasteiger partial charge is 0.465 e. The highest BCUT2D eigenvalue weighted by molar-refractivity contribution is 14.1. The fraction of sp³-hybridized carbons (Fsp3) is 0.875. The topological polar surface area (TPSA) is 26.3 Å². The molecule has 5 heteroatoms. The average Bonchev–Trinajstić information content (AvgIpc) is 2.13. The monoisotopic (exact) mass is 306 g/mol. The Morgan fingerprint density at radius 2 is 2.08 bits per heavy atom. The number of carbonyl (C=O) groups is 1. The number of halogens is 3. The van der Waals surface area contributed by atoms with Gasteiger partial charge in [-0.3, -0.25) is 0 Å². The molecule has 2 atom stereocenters. The third kappa shape index (κ3) is 3.03. The molecule has 0 spiro atoms. The lowest BCUT2D eigenvalue weighted by atomic mass is 9.98. The highest BCUT2D eigenvalue weighted by Crippen LogP contribution is 2.33. The molecule has 0 saturated heterocycles. The minimum absolute atomic E-state index is 0.230. The molecule has 0 aliphatic heterocycles. The Labute approximate surface area is 90.2 Å². The van der Waals surface area contributed by atoms with Gasteiger partial charge in [-0.05, 0) is 6.42 Å². The van der Waals surface area contributed by atoms with Crippen LogP contribution in [0.15, 0.2) is 0 Å². The normalized spacial score (nSPS) is 16.5. The molecule has 0 aromatic rings. The number of alkyl halides is 3. The second kappa shape index (κ2) is 5.07. The van der Waals surface area contributed by atoms with E-state index >= 15 is 0 Å². The van der Waals surface area contributed by atoms with E-state index in [1.807, 2.05) is 22.6 Å². The van der Waals surface area contributed by atoms with Crippen LogP contribution in [0.5, 0.6) is 0 Å². The van der Waals surface area contributed by atoms with E-state index < -0.39 is 17.8 Å². The Kier molecular flexibility index (Phi) is 5.09. The van der Waals surface area contributed by atoms with Crippen LogP contribution in [0.1, 0.15) is 20.3 Å². The first-order valence-corrected chi connectivity index (χ1v) is 5.22. The molecule has 2 unspecified atom stereocenters. The molecule has 0 bridgehead atoms. The molecule has 0 aromatic carbocycles. The summed E-state index contributed by atoms with van der Waals surface area (Å²) in [7, 11) is 0.969. The van der Waals surface area contributed by atoms with E-state index in [4.69, 9.17) is 0 Å². The molecular formula is C8H13F2IO2. The van der Waals surface area contributed by atoms with Gasteiger partial charge in [-0.1, -0.05) is 36.4 Å². The summed E-state index contributed by atoms with van der Waals surface area (Å²) in [4.78, 5) is 10.7. The third-order valence-corrected chi connectivity index (χ3v) is 3.92. The summed E-state index contributed by atoms with van der Waals surface area (Å²) in [6.07, 6.45) is 0.605. The van der Waals surface area contributed by atoms with Crippen molar-refractivity contribution in [3.63, 3.8) is 0 Å². The number of carbonyl (C=O) groups excluding carboxylic acids is 1. The number of hydrogen-bond donors (Lipinski definition) is 0. The van der Waals surface area contributed by atoms with E-state index in [9.17, 15) is 13.6 Å². The summed E-state index contributed by atoms with van der Waals surface area (Å²) in [5.74, 6) is -5.82. The van der Waals surface area contributed by atoms with Crippen molar-refractivity contribution >= 4 is 28.6 Å². The maximum Gasteiger partial charge on any atom is 0.377 e. The molecule has 2 nitrogen and oxygen atoms in total. The average molecular weight is 306 g/mol.